The summed E-state index contributed by atoms with van der Waals surface area (Å²) in [7, 11) is 1.84. The van der Waals surface area contributed by atoms with E-state index in [1.54, 1.807) is 10.9 Å². The van der Waals surface area contributed by atoms with Gasteiger partial charge in [-0.25, -0.2) is 15.0 Å². The molecule has 0 radical (unpaired) electrons. The van der Waals surface area contributed by atoms with Crippen LogP contribution in [0.1, 0.15) is 10.6 Å². The van der Waals surface area contributed by atoms with Crippen LogP contribution in [0.5, 0.6) is 0 Å². The summed E-state index contributed by atoms with van der Waals surface area (Å²) >= 11 is 0. The summed E-state index contributed by atoms with van der Waals surface area (Å²) in [5.41, 5.74) is 1.95. The van der Waals surface area contributed by atoms with E-state index in [2.05, 4.69) is 29.9 Å². The second-order valence-electron chi connectivity index (χ2n) is 5.31. The maximum Gasteiger partial charge on any atom is 0.185 e. The Balaban J connectivity index is 1.89. The number of hydrogen-bond donors (Lipinski definition) is 1. The van der Waals surface area contributed by atoms with Crippen LogP contribution in [0.2, 0.25) is 0 Å². The van der Waals surface area contributed by atoms with Gasteiger partial charge in [-0.15, -0.1) is 0 Å². The van der Waals surface area contributed by atoms with Gasteiger partial charge in [0.25, 0.3) is 0 Å². The van der Waals surface area contributed by atoms with Gasteiger partial charge in [0.1, 0.15) is 5.52 Å². The van der Waals surface area contributed by atoms with Crippen molar-refractivity contribution in [2.45, 2.75) is 0 Å². The molecule has 1 aliphatic rings. The highest BCUT2D eigenvalue weighted by Crippen LogP contribution is 2.26. The zero-order valence-electron chi connectivity index (χ0n) is 12.6. The van der Waals surface area contributed by atoms with Crippen LogP contribution in [0, 0.1) is 0 Å². The minimum Gasteiger partial charge on any atom is -0.378 e. The predicted octanol–water partition coefficient (Wildman–Crippen LogP) is 0.402. The average Bonchev–Trinajstić information content (AvgIpc) is 3.20. The molecule has 0 saturated carbocycles. The van der Waals surface area contributed by atoms with Crippen LogP contribution in [0.15, 0.2) is 12.4 Å². The smallest absolute Gasteiger partial charge is 0.185 e. The van der Waals surface area contributed by atoms with Crippen molar-refractivity contribution in [3.05, 3.63) is 18.2 Å². The number of carbonyl (C=O) groups is 1. The molecule has 9 nitrogen and oxygen atoms in total. The normalized spacial score (nSPS) is 15.3. The van der Waals surface area contributed by atoms with E-state index >= 15 is 0 Å². The molecular formula is C14H15N7O2. The van der Waals surface area contributed by atoms with Crippen LogP contribution >= 0.6 is 0 Å². The van der Waals surface area contributed by atoms with Gasteiger partial charge in [0.15, 0.2) is 29.4 Å². The lowest BCUT2D eigenvalue weighted by atomic mass is 10.3. The molecule has 0 amide bonds. The van der Waals surface area contributed by atoms with Crippen molar-refractivity contribution in [1.29, 1.82) is 0 Å². The summed E-state index contributed by atoms with van der Waals surface area (Å²) in [6.07, 6.45) is 4.23. The highest BCUT2D eigenvalue weighted by Gasteiger charge is 2.20. The molecule has 1 N–H and O–H groups in total. The van der Waals surface area contributed by atoms with Crippen molar-refractivity contribution < 1.29 is 9.53 Å². The molecule has 23 heavy (non-hydrogen) atoms. The number of aryl methyl sites for hydroxylation is 1. The molecule has 118 valence electrons. The molecule has 3 aromatic rings. The quantitative estimate of drug-likeness (QED) is 0.698. The number of imidazole rings is 1. The van der Waals surface area contributed by atoms with E-state index in [4.69, 9.17) is 4.74 Å². The minimum atomic E-state index is 0.243. The number of anilines is 1. The van der Waals surface area contributed by atoms with Crippen molar-refractivity contribution in [1.82, 2.24) is 29.7 Å². The Hall–Kier alpha value is -2.81. The average molecular weight is 313 g/mol. The number of H-pyrrole nitrogens is 1. The SMILES string of the molecule is Cn1cc(-c2nc(N3CCOCC3)c3[nH]c(C=O)nc3n2)cn1. The number of aldehydes is 1. The Morgan fingerprint density at radius 1 is 1.26 bits per heavy atom. The minimum absolute atomic E-state index is 0.243. The Kier molecular flexibility index (Phi) is 3.27. The third-order valence-electron chi connectivity index (χ3n) is 3.74. The van der Waals surface area contributed by atoms with Crippen LogP contribution in [0.25, 0.3) is 22.6 Å². The van der Waals surface area contributed by atoms with E-state index < -0.39 is 0 Å². The molecule has 0 unspecified atom stereocenters. The Labute approximate surface area is 131 Å². The molecule has 4 rings (SSSR count). The highest BCUT2D eigenvalue weighted by molar-refractivity contribution is 5.88. The molecule has 4 heterocycles. The zero-order valence-corrected chi connectivity index (χ0v) is 12.6. The number of hydrogen-bond acceptors (Lipinski definition) is 7. The summed E-state index contributed by atoms with van der Waals surface area (Å²) in [5.74, 6) is 1.51. The number of aromatic nitrogens is 6. The molecule has 0 bridgehead atoms. The Morgan fingerprint density at radius 2 is 2.09 bits per heavy atom. The number of nitrogens with zero attached hydrogens (tertiary/aromatic N) is 6. The number of carbonyl (C=O) groups excluding carboxylic acids is 1. The topological polar surface area (TPSA) is 102 Å². The largest absolute Gasteiger partial charge is 0.378 e. The molecule has 1 fully saturated rings. The maximum absolute atomic E-state index is 11.0. The van der Waals surface area contributed by atoms with Crippen molar-refractivity contribution in [2.24, 2.45) is 7.05 Å². The number of fused-ring (bicyclic) bond motifs is 1. The van der Waals surface area contributed by atoms with E-state index in [1.807, 2.05) is 13.2 Å². The van der Waals surface area contributed by atoms with Gasteiger partial charge in [0.2, 0.25) is 0 Å². The summed E-state index contributed by atoms with van der Waals surface area (Å²) in [5, 5.41) is 4.16. The van der Waals surface area contributed by atoms with Crippen molar-refractivity contribution in [3.63, 3.8) is 0 Å². The maximum atomic E-state index is 11.0. The highest BCUT2D eigenvalue weighted by atomic mass is 16.5. The lowest BCUT2D eigenvalue weighted by Crippen LogP contribution is -2.37. The molecule has 0 spiro atoms. The van der Waals surface area contributed by atoms with Crippen molar-refractivity contribution >= 4 is 23.3 Å². The van der Waals surface area contributed by atoms with Gasteiger partial charge in [-0.3, -0.25) is 9.48 Å². The van der Waals surface area contributed by atoms with E-state index in [0.29, 0.717) is 36.5 Å². The second kappa shape index (κ2) is 5.43. The first-order valence-corrected chi connectivity index (χ1v) is 7.29. The number of rotatable bonds is 3. The summed E-state index contributed by atoms with van der Waals surface area (Å²) in [6.45, 7) is 2.74. The zero-order chi connectivity index (χ0) is 15.8. The molecule has 3 aromatic heterocycles. The molecule has 1 saturated heterocycles. The van der Waals surface area contributed by atoms with Crippen molar-refractivity contribution in [3.8, 4) is 11.4 Å². The van der Waals surface area contributed by atoms with Gasteiger partial charge in [-0.2, -0.15) is 5.10 Å². The third kappa shape index (κ3) is 2.44. The van der Waals surface area contributed by atoms with Crippen LogP contribution in [0.3, 0.4) is 0 Å². The number of aromatic amines is 1. The molecule has 1 aliphatic heterocycles. The fraction of sp³-hybridized carbons (Fsp3) is 0.357. The first-order chi connectivity index (χ1) is 11.2. The van der Waals surface area contributed by atoms with Crippen molar-refractivity contribution in [2.75, 3.05) is 31.2 Å². The van der Waals surface area contributed by atoms with Gasteiger partial charge >= 0.3 is 0 Å². The lowest BCUT2D eigenvalue weighted by molar-refractivity contribution is 0.111. The van der Waals surface area contributed by atoms with Crippen LogP contribution in [-0.4, -0.2) is 62.3 Å². The Morgan fingerprint density at radius 3 is 2.78 bits per heavy atom. The van der Waals surface area contributed by atoms with Gasteiger partial charge < -0.3 is 14.6 Å². The number of nitrogens with one attached hydrogen (secondary N) is 1. The molecule has 9 heteroatoms. The molecule has 0 aromatic carbocycles. The third-order valence-corrected chi connectivity index (χ3v) is 3.74. The summed E-state index contributed by atoms with van der Waals surface area (Å²) < 4.78 is 7.09. The molecule has 0 atom stereocenters. The van der Waals surface area contributed by atoms with Crippen LogP contribution < -0.4 is 4.90 Å². The van der Waals surface area contributed by atoms with Crippen LogP contribution in [0.4, 0.5) is 5.82 Å². The molecular weight excluding hydrogens is 298 g/mol. The first-order valence-electron chi connectivity index (χ1n) is 7.29. The molecule has 0 aliphatic carbocycles. The van der Waals surface area contributed by atoms with Gasteiger partial charge in [0, 0.05) is 26.3 Å². The second-order valence-corrected chi connectivity index (χ2v) is 5.31. The number of ether oxygens (including phenoxy) is 1. The summed E-state index contributed by atoms with van der Waals surface area (Å²) in [4.78, 5) is 29.5. The Bertz CT molecular complexity index is 863. The van der Waals surface area contributed by atoms with E-state index in [1.165, 1.54) is 0 Å². The standard InChI is InChI=1S/C14H15N7O2/c1-20-7-9(6-15-20)12-18-13-11(16-10(8-22)17-13)14(19-12)21-2-4-23-5-3-21/h6-8H,2-5H2,1H3,(H,16,17,18,19). The monoisotopic (exact) mass is 313 g/mol. The van der Waals surface area contributed by atoms with Gasteiger partial charge in [0.05, 0.1) is 25.0 Å². The van der Waals surface area contributed by atoms with E-state index in [-0.39, 0.29) is 5.82 Å². The number of morpholine rings is 1. The predicted molar refractivity (Wildman–Crippen MR) is 82.3 cm³/mol. The fourth-order valence-electron chi connectivity index (χ4n) is 2.63. The fourth-order valence-corrected chi connectivity index (χ4v) is 2.63. The van der Waals surface area contributed by atoms with E-state index in [9.17, 15) is 4.79 Å². The van der Waals surface area contributed by atoms with Gasteiger partial charge in [-0.05, 0) is 0 Å². The first kappa shape index (κ1) is 13.8. The summed E-state index contributed by atoms with van der Waals surface area (Å²) in [6, 6.07) is 0. The lowest BCUT2D eigenvalue weighted by Gasteiger charge is -2.28. The van der Waals surface area contributed by atoms with E-state index in [0.717, 1.165) is 24.5 Å². The van der Waals surface area contributed by atoms with Crippen LogP contribution in [-0.2, 0) is 11.8 Å². The van der Waals surface area contributed by atoms with Gasteiger partial charge in [-0.1, -0.05) is 0 Å².